The van der Waals surface area contributed by atoms with Crippen LogP contribution in [0.5, 0.6) is 0 Å². The van der Waals surface area contributed by atoms with Crippen LogP contribution in [-0.4, -0.2) is 0 Å². The Morgan fingerprint density at radius 1 is 1.44 bits per heavy atom. The summed E-state index contributed by atoms with van der Waals surface area (Å²) in [4.78, 5) is 0. The third kappa shape index (κ3) is 3.84. The van der Waals surface area contributed by atoms with E-state index in [1.807, 2.05) is 0 Å². The molecule has 0 aromatic rings. The van der Waals surface area contributed by atoms with Gasteiger partial charge in [-0.2, -0.15) is 0 Å². The second-order valence-corrected chi connectivity index (χ2v) is 4.32. The summed E-state index contributed by atoms with van der Waals surface area (Å²) in [5.74, 6) is 0.612. The molecule has 1 aliphatic carbocycles. The van der Waals surface area contributed by atoms with Gasteiger partial charge in [0.1, 0.15) is 0 Å². The van der Waals surface area contributed by atoms with Crippen LogP contribution < -0.4 is 0 Å². The standard InChI is InChI=1S/C16H24/c1-4-10-15(6-3)16-12-9-7-8-11-14(5-2)13-16/h4,6,8,10-11,13,16H,5,7,9,12H2,1-3H3. The van der Waals surface area contributed by atoms with E-state index < -0.39 is 0 Å². The van der Waals surface area contributed by atoms with Gasteiger partial charge in [-0.3, -0.25) is 0 Å². The Morgan fingerprint density at radius 3 is 2.88 bits per heavy atom. The fraction of sp³-hybridized carbons (Fsp3) is 0.500. The van der Waals surface area contributed by atoms with Crippen LogP contribution in [0.15, 0.2) is 47.6 Å². The molecule has 0 heteroatoms. The van der Waals surface area contributed by atoms with Gasteiger partial charge in [0, 0.05) is 5.92 Å². The van der Waals surface area contributed by atoms with Crippen LogP contribution in [0.3, 0.4) is 0 Å². The third-order valence-electron chi connectivity index (χ3n) is 3.16. The monoisotopic (exact) mass is 216 g/mol. The van der Waals surface area contributed by atoms with E-state index in [0.29, 0.717) is 5.92 Å². The van der Waals surface area contributed by atoms with Crippen molar-refractivity contribution in [1.29, 1.82) is 0 Å². The predicted octanol–water partition coefficient (Wildman–Crippen LogP) is 5.20. The van der Waals surface area contributed by atoms with Crippen LogP contribution in [0.2, 0.25) is 0 Å². The number of rotatable bonds is 3. The number of allylic oxidation sites excluding steroid dienone is 8. The Hall–Kier alpha value is -1.04. The molecule has 0 aromatic heterocycles. The zero-order valence-electron chi connectivity index (χ0n) is 10.9. The Labute approximate surface area is 100 Å². The summed E-state index contributed by atoms with van der Waals surface area (Å²) >= 11 is 0. The van der Waals surface area contributed by atoms with Gasteiger partial charge in [-0.05, 0) is 45.1 Å². The van der Waals surface area contributed by atoms with Crippen molar-refractivity contribution in [3.63, 3.8) is 0 Å². The van der Waals surface area contributed by atoms with Gasteiger partial charge in [0.05, 0.1) is 0 Å². The van der Waals surface area contributed by atoms with Gasteiger partial charge in [0.15, 0.2) is 0 Å². The molecule has 1 aliphatic rings. The van der Waals surface area contributed by atoms with Gasteiger partial charge >= 0.3 is 0 Å². The van der Waals surface area contributed by atoms with E-state index in [4.69, 9.17) is 0 Å². The molecule has 0 radical (unpaired) electrons. The largest absolute Gasteiger partial charge is 0.0874 e. The first kappa shape index (κ1) is 13.0. The molecular formula is C16H24. The first-order valence-corrected chi connectivity index (χ1v) is 6.48. The minimum absolute atomic E-state index is 0.612. The molecule has 0 saturated heterocycles. The van der Waals surface area contributed by atoms with Crippen molar-refractivity contribution in [2.24, 2.45) is 5.92 Å². The summed E-state index contributed by atoms with van der Waals surface area (Å²) in [5, 5.41) is 0. The van der Waals surface area contributed by atoms with E-state index in [0.717, 1.165) is 6.42 Å². The summed E-state index contributed by atoms with van der Waals surface area (Å²) in [6, 6.07) is 0. The van der Waals surface area contributed by atoms with Crippen molar-refractivity contribution in [2.75, 3.05) is 0 Å². The zero-order chi connectivity index (χ0) is 11.8. The lowest BCUT2D eigenvalue weighted by molar-refractivity contribution is 0.634. The molecule has 0 fully saturated rings. The van der Waals surface area contributed by atoms with Crippen LogP contribution >= 0.6 is 0 Å². The molecule has 16 heavy (non-hydrogen) atoms. The molecule has 0 aromatic carbocycles. The summed E-state index contributed by atoms with van der Waals surface area (Å²) in [6.07, 6.45) is 18.6. The van der Waals surface area contributed by atoms with Crippen molar-refractivity contribution in [3.8, 4) is 0 Å². The summed E-state index contributed by atoms with van der Waals surface area (Å²) in [7, 11) is 0. The molecule has 0 aliphatic heterocycles. The van der Waals surface area contributed by atoms with Gasteiger partial charge in [-0.25, -0.2) is 0 Å². The topological polar surface area (TPSA) is 0 Å². The maximum absolute atomic E-state index is 2.45. The zero-order valence-corrected chi connectivity index (χ0v) is 10.9. The van der Waals surface area contributed by atoms with Crippen LogP contribution in [0.1, 0.15) is 46.5 Å². The van der Waals surface area contributed by atoms with E-state index in [1.54, 1.807) is 0 Å². The molecule has 0 spiro atoms. The normalized spacial score (nSPS) is 23.1. The van der Waals surface area contributed by atoms with Crippen molar-refractivity contribution < 1.29 is 0 Å². The highest BCUT2D eigenvalue weighted by Crippen LogP contribution is 2.25. The number of hydrogen-bond donors (Lipinski definition) is 0. The van der Waals surface area contributed by atoms with Crippen molar-refractivity contribution in [3.05, 3.63) is 47.6 Å². The lowest BCUT2D eigenvalue weighted by Gasteiger charge is -2.17. The predicted molar refractivity (Wildman–Crippen MR) is 73.4 cm³/mol. The minimum Gasteiger partial charge on any atom is -0.0874 e. The Balaban J connectivity index is 2.91. The van der Waals surface area contributed by atoms with Gasteiger partial charge < -0.3 is 0 Å². The fourth-order valence-electron chi connectivity index (χ4n) is 2.21. The minimum atomic E-state index is 0.612. The van der Waals surface area contributed by atoms with Gasteiger partial charge in [0.2, 0.25) is 0 Å². The molecule has 88 valence electrons. The third-order valence-corrected chi connectivity index (χ3v) is 3.16. The molecule has 0 amide bonds. The van der Waals surface area contributed by atoms with Crippen LogP contribution in [0, 0.1) is 5.92 Å². The average Bonchev–Trinajstić information content (AvgIpc) is 2.27. The Kier molecular flexibility index (Phi) is 5.92. The van der Waals surface area contributed by atoms with Gasteiger partial charge in [-0.1, -0.05) is 49.0 Å². The van der Waals surface area contributed by atoms with E-state index >= 15 is 0 Å². The Bertz CT molecular complexity index is 313. The van der Waals surface area contributed by atoms with Crippen molar-refractivity contribution in [1.82, 2.24) is 0 Å². The summed E-state index contributed by atoms with van der Waals surface area (Å²) in [5.41, 5.74) is 2.94. The summed E-state index contributed by atoms with van der Waals surface area (Å²) < 4.78 is 0. The molecule has 0 bridgehead atoms. The highest BCUT2D eigenvalue weighted by molar-refractivity contribution is 5.30. The molecule has 0 heterocycles. The lowest BCUT2D eigenvalue weighted by atomic mass is 9.88. The second-order valence-electron chi connectivity index (χ2n) is 4.32. The Morgan fingerprint density at radius 2 is 2.25 bits per heavy atom. The first-order chi connectivity index (χ1) is 7.81. The maximum atomic E-state index is 2.45. The quantitative estimate of drug-likeness (QED) is 0.569. The fourth-order valence-corrected chi connectivity index (χ4v) is 2.21. The van der Waals surface area contributed by atoms with Gasteiger partial charge in [0.25, 0.3) is 0 Å². The molecule has 0 N–H and O–H groups in total. The molecule has 1 rings (SSSR count). The van der Waals surface area contributed by atoms with Crippen molar-refractivity contribution in [2.45, 2.75) is 46.5 Å². The van der Waals surface area contributed by atoms with E-state index in [2.05, 4.69) is 57.2 Å². The molecule has 1 unspecified atom stereocenters. The molecule has 0 nitrogen and oxygen atoms in total. The van der Waals surface area contributed by atoms with E-state index in [9.17, 15) is 0 Å². The van der Waals surface area contributed by atoms with Crippen LogP contribution in [0.4, 0.5) is 0 Å². The van der Waals surface area contributed by atoms with Crippen LogP contribution in [-0.2, 0) is 0 Å². The van der Waals surface area contributed by atoms with Crippen LogP contribution in [0.25, 0.3) is 0 Å². The smallest absolute Gasteiger partial charge is 0.00205 e. The highest BCUT2D eigenvalue weighted by atomic mass is 14.1. The highest BCUT2D eigenvalue weighted by Gasteiger charge is 2.10. The van der Waals surface area contributed by atoms with Gasteiger partial charge in [-0.15, -0.1) is 0 Å². The van der Waals surface area contributed by atoms with Crippen molar-refractivity contribution >= 4 is 0 Å². The average molecular weight is 216 g/mol. The van der Waals surface area contributed by atoms with E-state index in [1.165, 1.54) is 30.4 Å². The number of hydrogen-bond acceptors (Lipinski definition) is 0. The second kappa shape index (κ2) is 7.27. The first-order valence-electron chi connectivity index (χ1n) is 6.48. The lowest BCUT2D eigenvalue weighted by Crippen LogP contribution is -2.02. The summed E-state index contributed by atoms with van der Waals surface area (Å²) in [6.45, 7) is 6.47. The SMILES string of the molecule is CC=CC(=CC)C1C=C(CC)C=CCCC1. The molecule has 0 saturated carbocycles. The van der Waals surface area contributed by atoms with E-state index in [-0.39, 0.29) is 0 Å². The maximum Gasteiger partial charge on any atom is 0.00205 e. The molecular weight excluding hydrogens is 192 g/mol. The molecule has 1 atom stereocenters.